The first-order valence-electron chi connectivity index (χ1n) is 6.03. The Hall–Kier alpha value is -0.290. The summed E-state index contributed by atoms with van der Waals surface area (Å²) < 4.78 is 0.799. The Labute approximate surface area is 133 Å². The van der Waals surface area contributed by atoms with Gasteiger partial charge < -0.3 is 10.2 Å². The summed E-state index contributed by atoms with van der Waals surface area (Å²) in [6, 6.07) is 5.83. The predicted octanol–water partition coefficient (Wildman–Crippen LogP) is 3.35. The van der Waals surface area contributed by atoms with Gasteiger partial charge in [0.1, 0.15) is 0 Å². The minimum absolute atomic E-state index is 0. The van der Waals surface area contributed by atoms with Crippen LogP contribution < -0.4 is 5.32 Å². The zero-order chi connectivity index (χ0) is 13.1. The van der Waals surface area contributed by atoms with Crippen LogP contribution in [0.25, 0.3) is 0 Å². The van der Waals surface area contributed by atoms with Crippen LogP contribution in [0.2, 0.25) is 5.02 Å². The monoisotopic (exact) mass is 366 g/mol. The number of hydrogen-bond donors (Lipinski definition) is 1. The molecule has 1 aromatic rings. The van der Waals surface area contributed by atoms with Crippen LogP contribution in [-0.2, 0) is 0 Å². The van der Waals surface area contributed by atoms with E-state index in [2.05, 4.69) is 21.2 Å². The highest BCUT2D eigenvalue weighted by Crippen LogP contribution is 2.24. The molecule has 0 aromatic heterocycles. The summed E-state index contributed by atoms with van der Waals surface area (Å²) in [6.45, 7) is 1.59. The first-order valence-corrected chi connectivity index (χ1v) is 7.20. The highest BCUT2D eigenvalue weighted by atomic mass is 79.9. The molecule has 1 aromatic carbocycles. The maximum atomic E-state index is 12.4. The lowest BCUT2D eigenvalue weighted by Crippen LogP contribution is -2.44. The standard InChI is InChI=1S/C13H16BrClN2O.ClH/c1-16-10-4-6-17(7-5-10)13(18)11-8-9(15)2-3-12(11)14;/h2-3,8,10,16H,4-7H2,1H3;1H. The summed E-state index contributed by atoms with van der Waals surface area (Å²) in [7, 11) is 1.97. The largest absolute Gasteiger partial charge is 0.338 e. The van der Waals surface area contributed by atoms with Crippen LogP contribution in [0.1, 0.15) is 23.2 Å². The van der Waals surface area contributed by atoms with Crippen LogP contribution in [0.15, 0.2) is 22.7 Å². The molecule has 106 valence electrons. The van der Waals surface area contributed by atoms with Crippen molar-refractivity contribution in [3.05, 3.63) is 33.3 Å². The zero-order valence-corrected chi connectivity index (χ0v) is 13.8. The second-order valence-corrected chi connectivity index (χ2v) is 5.77. The minimum atomic E-state index is 0. The number of piperidine rings is 1. The van der Waals surface area contributed by atoms with Crippen LogP contribution in [0.4, 0.5) is 0 Å². The fourth-order valence-corrected chi connectivity index (χ4v) is 2.79. The van der Waals surface area contributed by atoms with Crippen LogP contribution in [0, 0.1) is 0 Å². The van der Waals surface area contributed by atoms with Crippen molar-refractivity contribution in [2.45, 2.75) is 18.9 Å². The van der Waals surface area contributed by atoms with Crippen molar-refractivity contribution in [2.75, 3.05) is 20.1 Å². The first kappa shape index (κ1) is 16.8. The van der Waals surface area contributed by atoms with Crippen LogP contribution in [0.5, 0.6) is 0 Å². The zero-order valence-electron chi connectivity index (χ0n) is 10.7. The third-order valence-electron chi connectivity index (χ3n) is 3.35. The van der Waals surface area contributed by atoms with Crippen molar-refractivity contribution in [1.82, 2.24) is 10.2 Å². The van der Waals surface area contributed by atoms with Gasteiger partial charge in [0.25, 0.3) is 5.91 Å². The summed E-state index contributed by atoms with van der Waals surface area (Å²) in [5.41, 5.74) is 0.644. The molecule has 1 aliphatic heterocycles. The number of likely N-dealkylation sites (tertiary alicyclic amines) is 1. The molecule has 2 rings (SSSR count). The molecule has 1 N–H and O–H groups in total. The van der Waals surface area contributed by atoms with Gasteiger partial charge in [0.15, 0.2) is 0 Å². The van der Waals surface area contributed by atoms with Crippen molar-refractivity contribution >= 4 is 45.8 Å². The molecular formula is C13H17BrCl2N2O. The number of nitrogens with zero attached hydrogens (tertiary/aromatic N) is 1. The van der Waals surface area contributed by atoms with E-state index in [1.807, 2.05) is 18.0 Å². The molecule has 0 bridgehead atoms. The predicted molar refractivity (Wildman–Crippen MR) is 84.4 cm³/mol. The van der Waals surface area contributed by atoms with Gasteiger partial charge in [-0.1, -0.05) is 11.6 Å². The number of rotatable bonds is 2. The van der Waals surface area contributed by atoms with Gasteiger partial charge >= 0.3 is 0 Å². The van der Waals surface area contributed by atoms with E-state index >= 15 is 0 Å². The van der Waals surface area contributed by atoms with Crippen molar-refractivity contribution < 1.29 is 4.79 Å². The molecule has 0 saturated carbocycles. The molecule has 0 radical (unpaired) electrons. The maximum Gasteiger partial charge on any atom is 0.255 e. The molecule has 1 amide bonds. The number of carbonyl (C=O) groups is 1. The van der Waals surface area contributed by atoms with Gasteiger partial charge in [0, 0.05) is 28.6 Å². The maximum absolute atomic E-state index is 12.4. The van der Waals surface area contributed by atoms with E-state index in [4.69, 9.17) is 11.6 Å². The van der Waals surface area contributed by atoms with Crippen LogP contribution in [-0.4, -0.2) is 37.0 Å². The molecule has 0 spiro atoms. The van der Waals surface area contributed by atoms with Gasteiger partial charge in [0.2, 0.25) is 0 Å². The van der Waals surface area contributed by atoms with E-state index in [-0.39, 0.29) is 18.3 Å². The molecule has 1 saturated heterocycles. The average molecular weight is 368 g/mol. The number of carbonyl (C=O) groups excluding carboxylic acids is 1. The Morgan fingerprint density at radius 2 is 2.05 bits per heavy atom. The lowest BCUT2D eigenvalue weighted by molar-refractivity contribution is 0.0706. The average Bonchev–Trinajstić information content (AvgIpc) is 2.41. The molecule has 0 unspecified atom stereocenters. The van der Waals surface area contributed by atoms with E-state index in [0.29, 0.717) is 16.6 Å². The van der Waals surface area contributed by atoms with Crippen molar-refractivity contribution in [2.24, 2.45) is 0 Å². The molecule has 1 heterocycles. The Bertz CT molecular complexity index is 448. The topological polar surface area (TPSA) is 32.3 Å². The lowest BCUT2D eigenvalue weighted by atomic mass is 10.0. The van der Waals surface area contributed by atoms with E-state index in [9.17, 15) is 4.79 Å². The summed E-state index contributed by atoms with van der Waals surface area (Å²) in [5, 5.41) is 3.84. The summed E-state index contributed by atoms with van der Waals surface area (Å²) >= 11 is 9.35. The number of amides is 1. The Morgan fingerprint density at radius 1 is 1.42 bits per heavy atom. The third-order valence-corrected chi connectivity index (χ3v) is 4.28. The fraction of sp³-hybridized carbons (Fsp3) is 0.462. The van der Waals surface area contributed by atoms with E-state index < -0.39 is 0 Å². The minimum Gasteiger partial charge on any atom is -0.338 e. The Morgan fingerprint density at radius 3 is 2.63 bits per heavy atom. The van der Waals surface area contributed by atoms with Crippen LogP contribution >= 0.6 is 39.9 Å². The lowest BCUT2D eigenvalue weighted by Gasteiger charge is -2.32. The number of benzene rings is 1. The molecule has 0 atom stereocenters. The second kappa shape index (κ2) is 7.48. The van der Waals surface area contributed by atoms with Gasteiger partial charge in [-0.3, -0.25) is 4.79 Å². The molecule has 1 aliphatic rings. The normalized spacial score (nSPS) is 16.1. The van der Waals surface area contributed by atoms with Gasteiger partial charge in [-0.2, -0.15) is 0 Å². The van der Waals surface area contributed by atoms with Crippen molar-refractivity contribution in [3.63, 3.8) is 0 Å². The first-order chi connectivity index (χ1) is 8.61. The highest BCUT2D eigenvalue weighted by molar-refractivity contribution is 9.10. The van der Waals surface area contributed by atoms with E-state index in [1.54, 1.807) is 12.1 Å². The molecule has 6 heteroatoms. The van der Waals surface area contributed by atoms with Gasteiger partial charge in [-0.05, 0) is 54.0 Å². The molecule has 19 heavy (non-hydrogen) atoms. The molecule has 0 aliphatic carbocycles. The molecule has 3 nitrogen and oxygen atoms in total. The fourth-order valence-electron chi connectivity index (χ4n) is 2.20. The Balaban J connectivity index is 0.00000180. The quantitative estimate of drug-likeness (QED) is 0.869. The summed E-state index contributed by atoms with van der Waals surface area (Å²) in [5.74, 6) is 0.0546. The van der Waals surface area contributed by atoms with Gasteiger partial charge in [-0.25, -0.2) is 0 Å². The number of nitrogens with one attached hydrogen (secondary N) is 1. The summed E-state index contributed by atoms with van der Waals surface area (Å²) in [4.78, 5) is 14.3. The van der Waals surface area contributed by atoms with Gasteiger partial charge in [0.05, 0.1) is 5.56 Å². The smallest absolute Gasteiger partial charge is 0.255 e. The van der Waals surface area contributed by atoms with Crippen LogP contribution in [0.3, 0.4) is 0 Å². The molecule has 1 fully saturated rings. The highest BCUT2D eigenvalue weighted by Gasteiger charge is 2.23. The van der Waals surface area contributed by atoms with Crippen molar-refractivity contribution in [1.29, 1.82) is 0 Å². The van der Waals surface area contributed by atoms with Crippen molar-refractivity contribution in [3.8, 4) is 0 Å². The van der Waals surface area contributed by atoms with Gasteiger partial charge in [-0.15, -0.1) is 12.4 Å². The third kappa shape index (κ3) is 4.09. The van der Waals surface area contributed by atoms with E-state index in [1.165, 1.54) is 0 Å². The number of halogens is 3. The SMILES string of the molecule is CNC1CCN(C(=O)c2cc(Cl)ccc2Br)CC1.Cl. The van der Waals surface area contributed by atoms with E-state index in [0.717, 1.165) is 30.4 Å². The molecular weight excluding hydrogens is 351 g/mol. The second-order valence-electron chi connectivity index (χ2n) is 4.48. The Kier molecular flexibility index (Phi) is 6.60. The summed E-state index contributed by atoms with van der Waals surface area (Å²) in [6.07, 6.45) is 2.00. The number of hydrogen-bond acceptors (Lipinski definition) is 2.